The van der Waals surface area contributed by atoms with Crippen LogP contribution in [0.5, 0.6) is 0 Å². The average molecular weight is 223 g/mol. The minimum absolute atomic E-state index is 0.347. The number of pyridine rings is 1. The summed E-state index contributed by atoms with van der Waals surface area (Å²) in [5.74, 6) is 0. The van der Waals surface area contributed by atoms with E-state index in [9.17, 15) is 5.26 Å². The number of rotatable bonds is 3. The molecule has 0 spiro atoms. The Labute approximate surface area is 101 Å². The molecular formula is C14H13N3. The molecule has 0 aliphatic heterocycles. The molecule has 3 nitrogen and oxygen atoms in total. The second-order valence-corrected chi connectivity index (χ2v) is 3.86. The van der Waals surface area contributed by atoms with E-state index in [4.69, 9.17) is 0 Å². The van der Waals surface area contributed by atoms with Gasteiger partial charge in [-0.25, -0.2) is 0 Å². The summed E-state index contributed by atoms with van der Waals surface area (Å²) in [6.45, 7) is 2.03. The van der Waals surface area contributed by atoms with Crippen molar-refractivity contribution in [3.05, 3.63) is 59.9 Å². The molecular weight excluding hydrogens is 210 g/mol. The van der Waals surface area contributed by atoms with Crippen LogP contribution in [-0.4, -0.2) is 4.98 Å². The quantitative estimate of drug-likeness (QED) is 0.869. The average Bonchev–Trinajstić information content (AvgIpc) is 2.38. The molecule has 0 aliphatic rings. The number of aromatic nitrogens is 1. The van der Waals surface area contributed by atoms with Gasteiger partial charge in [-0.15, -0.1) is 0 Å². The number of nitrogens with zero attached hydrogens (tertiary/aromatic N) is 2. The lowest BCUT2D eigenvalue weighted by molar-refractivity contribution is 0.992. The van der Waals surface area contributed by atoms with Gasteiger partial charge in [-0.3, -0.25) is 4.98 Å². The molecule has 1 atom stereocenters. The zero-order chi connectivity index (χ0) is 12.1. The maximum Gasteiger partial charge on any atom is 0.140 e. The minimum Gasteiger partial charge on any atom is -0.365 e. The van der Waals surface area contributed by atoms with Crippen LogP contribution in [0.1, 0.15) is 17.2 Å². The van der Waals surface area contributed by atoms with Crippen LogP contribution in [-0.2, 0) is 0 Å². The van der Waals surface area contributed by atoms with Gasteiger partial charge >= 0.3 is 0 Å². The second-order valence-electron chi connectivity index (χ2n) is 3.86. The third-order valence-electron chi connectivity index (χ3n) is 2.51. The molecule has 2 rings (SSSR count). The van der Waals surface area contributed by atoms with E-state index in [0.717, 1.165) is 11.3 Å². The van der Waals surface area contributed by atoms with Crippen molar-refractivity contribution in [3.63, 3.8) is 0 Å². The summed E-state index contributed by atoms with van der Waals surface area (Å²) in [5, 5.41) is 12.3. The highest BCUT2D eigenvalue weighted by Crippen LogP contribution is 2.18. The maximum atomic E-state index is 9.18. The lowest BCUT2D eigenvalue weighted by Gasteiger charge is -2.12. The van der Waals surface area contributed by atoms with E-state index in [2.05, 4.69) is 16.4 Å². The molecule has 1 aromatic heterocycles. The van der Waals surface area contributed by atoms with Crippen LogP contribution in [0.15, 0.2) is 48.8 Å². The van der Waals surface area contributed by atoms with Crippen molar-refractivity contribution in [1.82, 2.24) is 4.98 Å². The van der Waals surface area contributed by atoms with E-state index in [1.165, 1.54) is 5.56 Å². The van der Waals surface area contributed by atoms with Crippen molar-refractivity contribution in [2.75, 3.05) is 5.32 Å². The van der Waals surface area contributed by atoms with Gasteiger partial charge in [0.1, 0.15) is 6.04 Å². The number of nitriles is 1. The molecule has 0 fully saturated rings. The molecule has 84 valence electrons. The molecule has 3 heteroatoms. The van der Waals surface area contributed by atoms with Gasteiger partial charge in [-0.1, -0.05) is 29.8 Å². The van der Waals surface area contributed by atoms with E-state index < -0.39 is 0 Å². The molecule has 2 aromatic rings. The van der Waals surface area contributed by atoms with Crippen LogP contribution in [0.4, 0.5) is 5.69 Å². The molecule has 1 unspecified atom stereocenters. The predicted molar refractivity (Wildman–Crippen MR) is 67.4 cm³/mol. The highest BCUT2D eigenvalue weighted by Gasteiger charge is 2.09. The number of hydrogen-bond acceptors (Lipinski definition) is 3. The summed E-state index contributed by atoms with van der Waals surface area (Å²) in [4.78, 5) is 4.01. The second kappa shape index (κ2) is 5.13. The maximum absolute atomic E-state index is 9.18. The van der Waals surface area contributed by atoms with Gasteiger partial charge in [0.15, 0.2) is 0 Å². The standard InChI is InChI=1S/C14H13N3/c1-11-4-6-12(7-5-11)14(9-15)17-13-3-2-8-16-10-13/h2-8,10,14,17H,1H3. The first kappa shape index (κ1) is 11.2. The SMILES string of the molecule is Cc1ccc(C(C#N)Nc2cccnc2)cc1. The van der Waals surface area contributed by atoms with Gasteiger partial charge in [0.25, 0.3) is 0 Å². The number of aryl methyl sites for hydroxylation is 1. The van der Waals surface area contributed by atoms with Crippen molar-refractivity contribution >= 4 is 5.69 Å². The molecule has 0 saturated carbocycles. The Bertz CT molecular complexity index is 511. The molecule has 0 amide bonds. The number of nitrogens with one attached hydrogen (secondary N) is 1. The van der Waals surface area contributed by atoms with Gasteiger partial charge < -0.3 is 5.32 Å². The van der Waals surface area contributed by atoms with Crippen LogP contribution >= 0.6 is 0 Å². The van der Waals surface area contributed by atoms with Gasteiger partial charge in [0.05, 0.1) is 11.8 Å². The first-order chi connectivity index (χ1) is 8.29. The normalized spacial score (nSPS) is 11.5. The first-order valence-corrected chi connectivity index (χ1v) is 5.42. The largest absolute Gasteiger partial charge is 0.365 e. The Kier molecular flexibility index (Phi) is 3.37. The van der Waals surface area contributed by atoms with Gasteiger partial charge in [-0.2, -0.15) is 5.26 Å². The van der Waals surface area contributed by atoms with E-state index in [1.54, 1.807) is 12.4 Å². The van der Waals surface area contributed by atoms with E-state index in [0.29, 0.717) is 0 Å². The third kappa shape index (κ3) is 2.82. The number of hydrogen-bond donors (Lipinski definition) is 1. The van der Waals surface area contributed by atoms with Gasteiger partial charge in [-0.05, 0) is 24.6 Å². The van der Waals surface area contributed by atoms with Crippen molar-refractivity contribution in [2.45, 2.75) is 13.0 Å². The molecule has 1 aromatic carbocycles. The topological polar surface area (TPSA) is 48.7 Å². The third-order valence-corrected chi connectivity index (χ3v) is 2.51. The summed E-state index contributed by atoms with van der Waals surface area (Å²) in [6, 6.07) is 13.6. The predicted octanol–water partition coefficient (Wildman–Crippen LogP) is 3.07. The van der Waals surface area contributed by atoms with Crippen LogP contribution < -0.4 is 5.32 Å². The zero-order valence-corrected chi connectivity index (χ0v) is 9.59. The Balaban J connectivity index is 2.18. The molecule has 0 radical (unpaired) electrons. The first-order valence-electron chi connectivity index (χ1n) is 5.42. The highest BCUT2D eigenvalue weighted by atomic mass is 14.9. The van der Waals surface area contributed by atoms with Crippen molar-refractivity contribution < 1.29 is 0 Å². The molecule has 0 bridgehead atoms. The fraction of sp³-hybridized carbons (Fsp3) is 0.143. The summed E-state index contributed by atoms with van der Waals surface area (Å²) >= 11 is 0. The molecule has 1 heterocycles. The Morgan fingerprint density at radius 3 is 2.59 bits per heavy atom. The minimum atomic E-state index is -0.347. The Morgan fingerprint density at radius 1 is 1.24 bits per heavy atom. The van der Waals surface area contributed by atoms with E-state index in [-0.39, 0.29) is 6.04 Å². The fourth-order valence-corrected chi connectivity index (χ4v) is 1.56. The van der Waals surface area contributed by atoms with Crippen LogP contribution in [0, 0.1) is 18.3 Å². The van der Waals surface area contributed by atoms with Crippen LogP contribution in [0.3, 0.4) is 0 Å². The van der Waals surface area contributed by atoms with Gasteiger partial charge in [0.2, 0.25) is 0 Å². The molecule has 0 aliphatic carbocycles. The van der Waals surface area contributed by atoms with Crippen LogP contribution in [0.25, 0.3) is 0 Å². The fourth-order valence-electron chi connectivity index (χ4n) is 1.56. The Hall–Kier alpha value is -2.34. The van der Waals surface area contributed by atoms with Crippen LogP contribution in [0.2, 0.25) is 0 Å². The van der Waals surface area contributed by atoms with Crippen molar-refractivity contribution in [2.24, 2.45) is 0 Å². The smallest absolute Gasteiger partial charge is 0.140 e. The molecule has 17 heavy (non-hydrogen) atoms. The Morgan fingerprint density at radius 2 is 2.00 bits per heavy atom. The van der Waals surface area contributed by atoms with E-state index in [1.807, 2.05) is 43.3 Å². The van der Waals surface area contributed by atoms with Gasteiger partial charge in [0, 0.05) is 12.4 Å². The highest BCUT2D eigenvalue weighted by molar-refractivity contribution is 5.45. The molecule has 0 saturated heterocycles. The lowest BCUT2D eigenvalue weighted by Crippen LogP contribution is -2.08. The van der Waals surface area contributed by atoms with E-state index >= 15 is 0 Å². The summed E-state index contributed by atoms with van der Waals surface area (Å²) in [7, 11) is 0. The van der Waals surface area contributed by atoms with Crippen molar-refractivity contribution in [1.29, 1.82) is 5.26 Å². The zero-order valence-electron chi connectivity index (χ0n) is 9.59. The lowest BCUT2D eigenvalue weighted by atomic mass is 10.1. The monoisotopic (exact) mass is 223 g/mol. The van der Waals surface area contributed by atoms with Crippen molar-refractivity contribution in [3.8, 4) is 6.07 Å². The number of benzene rings is 1. The summed E-state index contributed by atoms with van der Waals surface area (Å²) < 4.78 is 0. The summed E-state index contributed by atoms with van der Waals surface area (Å²) in [6.07, 6.45) is 3.41. The summed E-state index contributed by atoms with van der Waals surface area (Å²) in [5.41, 5.74) is 2.99. The number of anilines is 1. The molecule has 1 N–H and O–H groups in total.